The van der Waals surface area contributed by atoms with E-state index in [0.29, 0.717) is 47.9 Å². The molecule has 2 N–H and O–H groups in total. The molecule has 29 heavy (non-hydrogen) atoms. The summed E-state index contributed by atoms with van der Waals surface area (Å²) in [5.41, 5.74) is 0.255. The van der Waals surface area contributed by atoms with Gasteiger partial charge < -0.3 is 24.5 Å². The Hall–Kier alpha value is -2.65. The highest BCUT2D eigenvalue weighted by Gasteiger charge is 2.18. The number of nitrogens with zero attached hydrogens (tertiary/aromatic N) is 2. The minimum Gasteiger partial charge on any atom is -0.493 e. The molecule has 1 aromatic carbocycles. The van der Waals surface area contributed by atoms with Crippen LogP contribution in [0.2, 0.25) is 0 Å². The summed E-state index contributed by atoms with van der Waals surface area (Å²) < 4.78 is 16.1. The van der Waals surface area contributed by atoms with E-state index in [2.05, 4.69) is 15.3 Å². The third-order valence-electron chi connectivity index (χ3n) is 5.00. The SMILES string of the molecule is CCN(CC(=O)NC[C@H]1CCCO1)Cc1nc2cc(OC)c(OC)cc2c(=O)[nH]1. The van der Waals surface area contributed by atoms with E-state index in [9.17, 15) is 9.59 Å². The normalized spacial score (nSPS) is 16.3. The lowest BCUT2D eigenvalue weighted by molar-refractivity contribution is -0.122. The van der Waals surface area contributed by atoms with Crippen LogP contribution in [-0.4, -0.2) is 67.3 Å². The number of rotatable bonds is 9. The first-order valence-electron chi connectivity index (χ1n) is 9.79. The molecule has 0 spiro atoms. The molecule has 1 amide bonds. The van der Waals surface area contributed by atoms with E-state index < -0.39 is 0 Å². The van der Waals surface area contributed by atoms with Gasteiger partial charge in [0, 0.05) is 19.2 Å². The minimum absolute atomic E-state index is 0.0723. The standard InChI is InChI=1S/C20H28N4O5/c1-4-24(12-19(25)21-10-13-6-5-7-29-13)11-18-22-15-9-17(28-3)16(27-2)8-14(15)20(26)23-18/h8-9,13H,4-7,10-12H2,1-3H3,(H,21,25)(H,22,23,26)/t13-/m1/s1. The molecule has 1 atom stereocenters. The summed E-state index contributed by atoms with van der Waals surface area (Å²) in [5.74, 6) is 1.39. The van der Waals surface area contributed by atoms with E-state index in [1.807, 2.05) is 11.8 Å². The molecular weight excluding hydrogens is 376 g/mol. The van der Waals surface area contributed by atoms with E-state index in [1.54, 1.807) is 12.1 Å². The Bertz CT molecular complexity index is 908. The summed E-state index contributed by atoms with van der Waals surface area (Å²) in [6.45, 7) is 4.46. The molecule has 1 aliphatic rings. The van der Waals surface area contributed by atoms with Crippen molar-refractivity contribution in [2.75, 3.05) is 40.5 Å². The van der Waals surface area contributed by atoms with Crippen molar-refractivity contribution in [3.63, 3.8) is 0 Å². The Balaban J connectivity index is 1.69. The van der Waals surface area contributed by atoms with Crippen LogP contribution < -0.4 is 20.3 Å². The van der Waals surface area contributed by atoms with Gasteiger partial charge in [-0.05, 0) is 25.5 Å². The monoisotopic (exact) mass is 404 g/mol. The Morgan fingerprint density at radius 3 is 2.76 bits per heavy atom. The first-order chi connectivity index (χ1) is 14.0. The van der Waals surface area contributed by atoms with Gasteiger partial charge in [-0.2, -0.15) is 0 Å². The lowest BCUT2D eigenvalue weighted by atomic mass is 10.2. The van der Waals surface area contributed by atoms with Gasteiger partial charge in [-0.15, -0.1) is 0 Å². The van der Waals surface area contributed by atoms with E-state index in [-0.39, 0.29) is 24.1 Å². The molecule has 0 saturated carbocycles. The van der Waals surface area contributed by atoms with Gasteiger partial charge in [0.05, 0.1) is 44.3 Å². The number of hydrogen-bond donors (Lipinski definition) is 2. The van der Waals surface area contributed by atoms with E-state index in [1.165, 1.54) is 14.2 Å². The molecule has 0 bridgehead atoms. The van der Waals surface area contributed by atoms with Crippen LogP contribution in [0.25, 0.3) is 10.9 Å². The number of fused-ring (bicyclic) bond motifs is 1. The van der Waals surface area contributed by atoms with E-state index in [4.69, 9.17) is 14.2 Å². The van der Waals surface area contributed by atoms with E-state index >= 15 is 0 Å². The zero-order valence-electron chi connectivity index (χ0n) is 17.1. The highest BCUT2D eigenvalue weighted by molar-refractivity contribution is 5.82. The quantitative estimate of drug-likeness (QED) is 0.644. The second-order valence-electron chi connectivity index (χ2n) is 6.98. The maximum Gasteiger partial charge on any atom is 0.258 e. The number of amides is 1. The fraction of sp³-hybridized carbons (Fsp3) is 0.550. The summed E-state index contributed by atoms with van der Waals surface area (Å²) in [7, 11) is 3.05. The molecule has 0 aliphatic carbocycles. The number of ether oxygens (including phenoxy) is 3. The predicted molar refractivity (Wildman–Crippen MR) is 108 cm³/mol. The molecule has 3 rings (SSSR count). The van der Waals surface area contributed by atoms with Crippen molar-refractivity contribution in [2.45, 2.75) is 32.4 Å². The highest BCUT2D eigenvalue weighted by atomic mass is 16.5. The number of benzene rings is 1. The molecule has 1 aromatic heterocycles. The maximum absolute atomic E-state index is 12.5. The first kappa shape index (κ1) is 21.1. The number of methoxy groups -OCH3 is 2. The van der Waals surface area contributed by atoms with Crippen LogP contribution in [0.5, 0.6) is 11.5 Å². The van der Waals surface area contributed by atoms with Crippen LogP contribution in [0.4, 0.5) is 0 Å². The molecule has 1 saturated heterocycles. The number of hydrogen-bond acceptors (Lipinski definition) is 7. The smallest absolute Gasteiger partial charge is 0.258 e. The number of aromatic nitrogens is 2. The van der Waals surface area contributed by atoms with Gasteiger partial charge in [0.25, 0.3) is 5.56 Å². The van der Waals surface area contributed by atoms with Crippen LogP contribution in [0.3, 0.4) is 0 Å². The van der Waals surface area contributed by atoms with Crippen molar-refractivity contribution in [3.8, 4) is 11.5 Å². The van der Waals surface area contributed by atoms with Gasteiger partial charge in [-0.1, -0.05) is 6.92 Å². The summed E-state index contributed by atoms with van der Waals surface area (Å²) in [5, 5.41) is 3.34. The lowest BCUT2D eigenvalue weighted by Gasteiger charge is -2.20. The van der Waals surface area contributed by atoms with Gasteiger partial charge in [0.15, 0.2) is 11.5 Å². The van der Waals surface area contributed by atoms with Gasteiger partial charge in [-0.3, -0.25) is 14.5 Å². The predicted octanol–water partition coefficient (Wildman–Crippen LogP) is 1.06. The number of aromatic amines is 1. The number of carbonyl (C=O) groups excluding carboxylic acids is 1. The van der Waals surface area contributed by atoms with Gasteiger partial charge in [0.2, 0.25) is 5.91 Å². The average molecular weight is 404 g/mol. The Labute approximate surface area is 169 Å². The Kier molecular flexibility index (Phi) is 7.05. The van der Waals surface area contributed by atoms with Crippen molar-refractivity contribution >= 4 is 16.8 Å². The third kappa shape index (κ3) is 5.24. The van der Waals surface area contributed by atoms with Crippen molar-refractivity contribution < 1.29 is 19.0 Å². The summed E-state index contributed by atoms with van der Waals surface area (Å²) in [6.07, 6.45) is 2.13. The minimum atomic E-state index is -0.259. The lowest BCUT2D eigenvalue weighted by Crippen LogP contribution is -2.40. The topological polar surface area (TPSA) is 106 Å². The second kappa shape index (κ2) is 9.71. The van der Waals surface area contributed by atoms with Crippen molar-refractivity contribution in [2.24, 2.45) is 0 Å². The molecule has 9 heteroatoms. The molecule has 0 radical (unpaired) electrons. The largest absolute Gasteiger partial charge is 0.493 e. The van der Waals surface area contributed by atoms with Gasteiger partial charge in [-0.25, -0.2) is 4.98 Å². The molecule has 2 aromatic rings. The molecule has 2 heterocycles. The van der Waals surface area contributed by atoms with Gasteiger partial charge >= 0.3 is 0 Å². The van der Waals surface area contributed by atoms with Crippen LogP contribution in [0.15, 0.2) is 16.9 Å². The molecular formula is C20H28N4O5. The molecule has 9 nitrogen and oxygen atoms in total. The molecule has 158 valence electrons. The molecule has 1 aliphatic heterocycles. The Morgan fingerprint density at radius 2 is 2.10 bits per heavy atom. The zero-order chi connectivity index (χ0) is 20.8. The number of nitrogens with one attached hydrogen (secondary N) is 2. The van der Waals surface area contributed by atoms with Crippen molar-refractivity contribution in [3.05, 3.63) is 28.3 Å². The number of likely N-dealkylation sites (N-methyl/N-ethyl adjacent to an activating group) is 1. The maximum atomic E-state index is 12.5. The number of carbonyl (C=O) groups is 1. The van der Waals surface area contributed by atoms with Gasteiger partial charge in [0.1, 0.15) is 5.82 Å². The van der Waals surface area contributed by atoms with Crippen LogP contribution in [0, 0.1) is 0 Å². The van der Waals surface area contributed by atoms with Crippen LogP contribution in [0.1, 0.15) is 25.6 Å². The summed E-state index contributed by atoms with van der Waals surface area (Å²) in [6, 6.07) is 3.29. The van der Waals surface area contributed by atoms with Crippen molar-refractivity contribution in [1.29, 1.82) is 0 Å². The van der Waals surface area contributed by atoms with E-state index in [0.717, 1.165) is 19.4 Å². The second-order valence-corrected chi connectivity index (χ2v) is 6.98. The summed E-state index contributed by atoms with van der Waals surface area (Å²) in [4.78, 5) is 34.0. The fourth-order valence-corrected chi connectivity index (χ4v) is 3.37. The molecule has 1 fully saturated rings. The zero-order valence-corrected chi connectivity index (χ0v) is 17.1. The van der Waals surface area contributed by atoms with Crippen LogP contribution in [-0.2, 0) is 16.1 Å². The Morgan fingerprint density at radius 1 is 1.34 bits per heavy atom. The average Bonchev–Trinajstić information content (AvgIpc) is 3.24. The fourth-order valence-electron chi connectivity index (χ4n) is 3.37. The first-order valence-corrected chi connectivity index (χ1v) is 9.79. The highest BCUT2D eigenvalue weighted by Crippen LogP contribution is 2.29. The summed E-state index contributed by atoms with van der Waals surface area (Å²) >= 11 is 0. The van der Waals surface area contributed by atoms with Crippen molar-refractivity contribution in [1.82, 2.24) is 20.2 Å². The third-order valence-corrected chi connectivity index (χ3v) is 5.00. The molecule has 0 unspecified atom stereocenters. The number of H-pyrrole nitrogens is 1. The van der Waals surface area contributed by atoms with Crippen LogP contribution >= 0.6 is 0 Å².